The number of carbonyl (C=O) groups excluding carboxylic acids is 2. The SMILES string of the molecule is NC1CC2CCC(C1)C(CC(=O)[C@H](Cc1ccc3c(c1)OCCO3)NC(=O)C1(c3ccc(C(F)(F)F)cc3F)CC1)C2. The van der Waals surface area contributed by atoms with Crippen LogP contribution < -0.4 is 20.5 Å². The third-order valence-electron chi connectivity index (χ3n) is 9.69. The van der Waals surface area contributed by atoms with E-state index in [1.165, 1.54) is 0 Å². The molecule has 0 radical (unpaired) electrons. The van der Waals surface area contributed by atoms with Gasteiger partial charge in [0.25, 0.3) is 0 Å². The first-order valence-corrected chi connectivity index (χ1v) is 14.9. The average molecular weight is 589 g/mol. The van der Waals surface area contributed by atoms with Crippen molar-refractivity contribution < 1.29 is 36.6 Å². The van der Waals surface area contributed by atoms with Gasteiger partial charge in [-0.05, 0) is 92.5 Å². The second kappa shape index (κ2) is 11.2. The molecule has 3 N–H and O–H groups in total. The van der Waals surface area contributed by atoms with Crippen LogP contribution in [0.2, 0.25) is 0 Å². The molecular formula is C32H36F4N2O4. The number of benzene rings is 2. The lowest BCUT2D eigenvalue weighted by atomic mass is 9.73. The first-order chi connectivity index (χ1) is 20.0. The molecule has 42 heavy (non-hydrogen) atoms. The standard InChI is InChI=1S/C32H36F4N2O4/c33-25-17-22(32(34,35)36)4-5-24(25)31(7-8-31)30(40)38-26(13-19-2-6-28-29(14-19)42-10-9-41-28)27(39)16-21-11-18-1-3-20(21)15-23(37)12-18/h2,4-6,14,17-18,20-21,23,26H,1,3,7-13,15-16,37H2,(H,38,40)/t18?,20?,21?,23?,26-/m0/s1. The highest BCUT2D eigenvalue weighted by Gasteiger charge is 2.54. The van der Waals surface area contributed by atoms with Crippen molar-refractivity contribution in [1.82, 2.24) is 5.32 Å². The van der Waals surface area contributed by atoms with Crippen molar-refractivity contribution in [3.63, 3.8) is 0 Å². The minimum absolute atomic E-state index is 0.0754. The van der Waals surface area contributed by atoms with Crippen LogP contribution in [0.15, 0.2) is 36.4 Å². The lowest BCUT2D eigenvalue weighted by Gasteiger charge is -2.33. The van der Waals surface area contributed by atoms with Crippen LogP contribution in [0, 0.1) is 23.6 Å². The molecule has 1 heterocycles. The molecule has 2 aromatic carbocycles. The van der Waals surface area contributed by atoms with Gasteiger partial charge in [-0.25, -0.2) is 4.39 Å². The van der Waals surface area contributed by atoms with Crippen molar-refractivity contribution >= 4 is 11.7 Å². The third-order valence-corrected chi connectivity index (χ3v) is 9.69. The van der Waals surface area contributed by atoms with E-state index < -0.39 is 34.9 Å². The highest BCUT2D eigenvalue weighted by molar-refractivity contribution is 5.96. The van der Waals surface area contributed by atoms with Gasteiger partial charge >= 0.3 is 6.18 Å². The van der Waals surface area contributed by atoms with E-state index in [4.69, 9.17) is 15.2 Å². The maximum absolute atomic E-state index is 15.0. The van der Waals surface area contributed by atoms with Crippen molar-refractivity contribution in [3.05, 3.63) is 58.9 Å². The zero-order valence-corrected chi connectivity index (χ0v) is 23.4. The summed E-state index contributed by atoms with van der Waals surface area (Å²) >= 11 is 0. The van der Waals surface area contributed by atoms with Gasteiger partial charge in [0, 0.05) is 18.0 Å². The van der Waals surface area contributed by atoms with E-state index in [9.17, 15) is 27.2 Å². The van der Waals surface area contributed by atoms with Gasteiger partial charge in [-0.2, -0.15) is 13.2 Å². The van der Waals surface area contributed by atoms with Gasteiger partial charge in [-0.1, -0.05) is 18.6 Å². The molecule has 4 unspecified atom stereocenters. The number of carbonyl (C=O) groups is 2. The number of alkyl halides is 3. The fraction of sp³-hybridized carbons (Fsp3) is 0.562. The largest absolute Gasteiger partial charge is 0.486 e. The highest BCUT2D eigenvalue weighted by Crippen LogP contribution is 2.50. The molecule has 0 aromatic heterocycles. The van der Waals surface area contributed by atoms with Crippen molar-refractivity contribution in [2.45, 2.75) is 81.5 Å². The van der Waals surface area contributed by atoms with Gasteiger partial charge in [0.05, 0.1) is 17.0 Å². The van der Waals surface area contributed by atoms with Crippen LogP contribution in [0.5, 0.6) is 11.5 Å². The normalized spacial score (nSPS) is 26.7. The van der Waals surface area contributed by atoms with Gasteiger partial charge < -0.3 is 20.5 Å². The number of fused-ring (bicyclic) bond motifs is 5. The predicted octanol–water partition coefficient (Wildman–Crippen LogP) is 5.49. The zero-order valence-electron chi connectivity index (χ0n) is 23.4. The Balaban J connectivity index is 1.24. The number of nitrogens with two attached hydrogens (primary N) is 1. The fourth-order valence-corrected chi connectivity index (χ4v) is 7.33. The molecule has 0 spiro atoms. The number of rotatable bonds is 8. The number of halogens is 4. The van der Waals surface area contributed by atoms with Crippen LogP contribution in [-0.2, 0) is 27.6 Å². The second-order valence-electron chi connectivity index (χ2n) is 12.6. The number of ketones is 1. The Morgan fingerprint density at radius 1 is 1.00 bits per heavy atom. The minimum atomic E-state index is -4.69. The van der Waals surface area contributed by atoms with Gasteiger partial charge in [0.1, 0.15) is 19.0 Å². The lowest BCUT2D eigenvalue weighted by molar-refractivity contribution is -0.137. The van der Waals surface area contributed by atoms with Gasteiger partial charge in [-0.3, -0.25) is 9.59 Å². The highest BCUT2D eigenvalue weighted by atomic mass is 19.4. The molecule has 2 aromatic rings. The second-order valence-corrected chi connectivity index (χ2v) is 12.6. The lowest BCUT2D eigenvalue weighted by Crippen LogP contribution is -2.47. The van der Waals surface area contributed by atoms with E-state index >= 15 is 0 Å². The summed E-state index contributed by atoms with van der Waals surface area (Å²) in [5.41, 5.74) is 4.62. The monoisotopic (exact) mass is 588 g/mol. The Labute approximate surface area is 242 Å². The number of ether oxygens (including phenoxy) is 2. The van der Waals surface area contributed by atoms with Gasteiger partial charge in [0.2, 0.25) is 5.91 Å². The fourth-order valence-electron chi connectivity index (χ4n) is 7.33. The minimum Gasteiger partial charge on any atom is -0.486 e. The Bertz CT molecular complexity index is 1360. The van der Waals surface area contributed by atoms with E-state index in [1.54, 1.807) is 12.1 Å². The van der Waals surface area contributed by atoms with Crippen molar-refractivity contribution in [2.75, 3.05) is 13.2 Å². The number of nitrogens with one attached hydrogen (secondary N) is 1. The first kappa shape index (κ1) is 29.0. The van der Waals surface area contributed by atoms with Gasteiger partial charge in [0.15, 0.2) is 17.3 Å². The number of amides is 1. The van der Waals surface area contributed by atoms with Crippen LogP contribution >= 0.6 is 0 Å². The molecule has 0 saturated heterocycles. The molecule has 1 amide bonds. The van der Waals surface area contributed by atoms with Crippen molar-refractivity contribution in [1.29, 1.82) is 0 Å². The van der Waals surface area contributed by atoms with Crippen LogP contribution in [0.3, 0.4) is 0 Å². The summed E-state index contributed by atoms with van der Waals surface area (Å²) in [5.74, 6) is 0.512. The Hall–Kier alpha value is -3.14. The smallest absolute Gasteiger partial charge is 0.416 e. The summed E-state index contributed by atoms with van der Waals surface area (Å²) in [5, 5.41) is 2.90. The molecule has 2 bridgehead atoms. The number of hydrogen-bond acceptors (Lipinski definition) is 5. The van der Waals surface area contributed by atoms with Crippen molar-refractivity contribution in [3.8, 4) is 11.5 Å². The number of Topliss-reactive ketones (excluding diaryl/α,β-unsaturated/α-hetero) is 1. The Kier molecular flexibility index (Phi) is 7.70. The maximum Gasteiger partial charge on any atom is 0.416 e. The molecule has 5 aliphatic rings. The number of hydrogen-bond donors (Lipinski definition) is 2. The third kappa shape index (κ3) is 5.87. The molecule has 5 atom stereocenters. The van der Waals surface area contributed by atoms with E-state index in [0.717, 1.165) is 49.8 Å². The summed E-state index contributed by atoms with van der Waals surface area (Å²) < 4.78 is 65.7. The maximum atomic E-state index is 15.0. The van der Waals surface area contributed by atoms with Crippen LogP contribution in [0.1, 0.15) is 68.1 Å². The predicted molar refractivity (Wildman–Crippen MR) is 147 cm³/mol. The van der Waals surface area contributed by atoms with Crippen LogP contribution in [-0.4, -0.2) is 37.0 Å². The quantitative estimate of drug-likeness (QED) is 0.399. The van der Waals surface area contributed by atoms with Gasteiger partial charge in [-0.15, -0.1) is 0 Å². The summed E-state index contributed by atoms with van der Waals surface area (Å²) in [7, 11) is 0. The van der Waals surface area contributed by atoms with E-state index in [1.807, 2.05) is 6.07 Å². The molecule has 4 aliphatic carbocycles. The molecule has 4 saturated carbocycles. The van der Waals surface area contributed by atoms with Crippen molar-refractivity contribution in [2.24, 2.45) is 23.5 Å². The summed E-state index contributed by atoms with van der Waals surface area (Å²) in [6, 6.07) is 6.95. The molecule has 10 heteroatoms. The molecule has 7 rings (SSSR count). The Morgan fingerprint density at radius 2 is 1.76 bits per heavy atom. The Morgan fingerprint density at radius 3 is 2.48 bits per heavy atom. The van der Waals surface area contributed by atoms with E-state index in [-0.39, 0.29) is 42.6 Å². The molecule has 226 valence electrons. The van der Waals surface area contributed by atoms with Crippen LogP contribution in [0.4, 0.5) is 17.6 Å². The summed E-state index contributed by atoms with van der Waals surface area (Å²) in [6.45, 7) is 0.850. The van der Waals surface area contributed by atoms with Crippen LogP contribution in [0.25, 0.3) is 0 Å². The first-order valence-electron chi connectivity index (χ1n) is 14.9. The average Bonchev–Trinajstić information content (AvgIpc) is 3.78. The molecular weight excluding hydrogens is 552 g/mol. The molecule has 6 nitrogen and oxygen atoms in total. The molecule has 4 fully saturated rings. The van der Waals surface area contributed by atoms with E-state index in [0.29, 0.717) is 49.0 Å². The molecule has 1 aliphatic heterocycles. The summed E-state index contributed by atoms with van der Waals surface area (Å²) in [6.07, 6.45) is 1.37. The summed E-state index contributed by atoms with van der Waals surface area (Å²) in [4.78, 5) is 27.6. The zero-order chi connectivity index (χ0) is 29.6. The topological polar surface area (TPSA) is 90.7 Å². The van der Waals surface area contributed by atoms with E-state index in [2.05, 4.69) is 5.32 Å².